The van der Waals surface area contributed by atoms with Gasteiger partial charge in [0.05, 0.1) is 23.2 Å². The van der Waals surface area contributed by atoms with Gasteiger partial charge in [0, 0.05) is 29.6 Å². The SMILES string of the molecule is NS(=O)(=O)OC[C@H]1C[C@@H](Nc2ncncc2C(=O)c2cc([C@@H](O)C#CC3CC3)c(Cl)s2)C[C@@H]1O. The van der Waals surface area contributed by atoms with Gasteiger partial charge in [-0.05, 0) is 31.7 Å². The van der Waals surface area contributed by atoms with Crippen LogP contribution in [-0.4, -0.2) is 53.1 Å². The fourth-order valence-electron chi connectivity index (χ4n) is 3.70. The van der Waals surface area contributed by atoms with Gasteiger partial charge in [0.2, 0.25) is 5.78 Å². The number of aliphatic hydroxyl groups excluding tert-OH is 2. The molecule has 0 saturated heterocycles. The minimum atomic E-state index is -4.11. The summed E-state index contributed by atoms with van der Waals surface area (Å²) in [6.07, 6.45) is 3.53. The summed E-state index contributed by atoms with van der Waals surface area (Å²) in [6.45, 7) is -0.240. The Labute approximate surface area is 205 Å². The molecule has 13 heteroatoms. The van der Waals surface area contributed by atoms with Gasteiger partial charge < -0.3 is 15.5 Å². The molecule has 0 unspecified atom stereocenters. The van der Waals surface area contributed by atoms with Gasteiger partial charge in [-0.15, -0.1) is 11.3 Å². The predicted octanol–water partition coefficient (Wildman–Crippen LogP) is 1.64. The minimum Gasteiger partial charge on any atom is -0.393 e. The van der Waals surface area contributed by atoms with Crippen molar-refractivity contribution < 1.29 is 27.6 Å². The number of carbonyl (C=O) groups excluding carboxylic acids is 1. The lowest BCUT2D eigenvalue weighted by molar-refractivity contribution is 0.101. The third kappa shape index (κ3) is 6.31. The largest absolute Gasteiger partial charge is 0.393 e. The predicted molar refractivity (Wildman–Crippen MR) is 125 cm³/mol. The minimum absolute atomic E-state index is 0.198. The van der Waals surface area contributed by atoms with Gasteiger partial charge in [0.15, 0.2) is 0 Å². The molecule has 10 nitrogen and oxygen atoms in total. The van der Waals surface area contributed by atoms with Crippen molar-refractivity contribution in [1.82, 2.24) is 9.97 Å². The average Bonchev–Trinajstić information content (AvgIpc) is 3.43. The average molecular weight is 527 g/mol. The number of thiophene rings is 1. The zero-order chi connectivity index (χ0) is 24.5. The highest BCUT2D eigenvalue weighted by Gasteiger charge is 2.35. The van der Waals surface area contributed by atoms with Crippen LogP contribution >= 0.6 is 22.9 Å². The van der Waals surface area contributed by atoms with E-state index < -0.39 is 28.4 Å². The van der Waals surface area contributed by atoms with E-state index in [-0.39, 0.29) is 34.1 Å². The standard InChI is InChI=1S/C21H23ClN4O6S2/c22-20-14(16(27)4-3-11-1-2-11)7-18(33-20)19(29)15-8-24-10-25-21(15)26-13-5-12(17(28)6-13)9-32-34(23,30)31/h7-8,10-13,16-17,27-28H,1-2,5-6,9H2,(H2,23,30,31)(H,24,25,26)/t12-,13-,16+,17+/m1/s1. The number of anilines is 1. The number of hydrogen-bond acceptors (Lipinski definition) is 10. The van der Waals surface area contributed by atoms with E-state index in [1.165, 1.54) is 18.6 Å². The second-order valence-corrected chi connectivity index (χ2v) is 11.2. The number of carbonyl (C=O) groups is 1. The maximum absolute atomic E-state index is 13.2. The number of nitrogens with zero attached hydrogens (tertiary/aromatic N) is 2. The van der Waals surface area contributed by atoms with Crippen molar-refractivity contribution >= 4 is 44.8 Å². The topological polar surface area (TPSA) is 165 Å². The Hall–Kier alpha value is -2.11. The normalized spacial score (nSPS) is 23.2. The summed E-state index contributed by atoms with van der Waals surface area (Å²) in [5.41, 5.74) is 0.579. The first-order valence-corrected chi connectivity index (χ1v) is 13.2. The molecule has 182 valence electrons. The maximum Gasteiger partial charge on any atom is 0.333 e. The van der Waals surface area contributed by atoms with E-state index in [9.17, 15) is 23.4 Å². The summed E-state index contributed by atoms with van der Waals surface area (Å²) in [4.78, 5) is 21.6. The molecule has 2 aliphatic carbocycles. The van der Waals surface area contributed by atoms with Crippen molar-refractivity contribution in [3.63, 3.8) is 0 Å². The molecule has 2 fully saturated rings. The highest BCUT2D eigenvalue weighted by molar-refractivity contribution is 7.84. The van der Waals surface area contributed by atoms with Crippen molar-refractivity contribution in [3.05, 3.63) is 38.9 Å². The van der Waals surface area contributed by atoms with Gasteiger partial charge in [0.25, 0.3) is 0 Å². The van der Waals surface area contributed by atoms with Crippen molar-refractivity contribution in [3.8, 4) is 11.8 Å². The molecule has 2 aromatic rings. The number of hydrogen-bond donors (Lipinski definition) is 4. The van der Waals surface area contributed by atoms with Crippen LogP contribution in [0.15, 0.2) is 18.6 Å². The zero-order valence-electron chi connectivity index (χ0n) is 17.8. The molecule has 2 aromatic heterocycles. The van der Waals surface area contributed by atoms with Crippen LogP contribution in [0.2, 0.25) is 4.34 Å². The molecule has 0 radical (unpaired) electrons. The van der Waals surface area contributed by atoms with Crippen LogP contribution in [-0.2, 0) is 14.5 Å². The summed E-state index contributed by atoms with van der Waals surface area (Å²) in [7, 11) is -4.11. The Morgan fingerprint density at radius 2 is 2.18 bits per heavy atom. The molecule has 2 saturated carbocycles. The Morgan fingerprint density at radius 3 is 2.88 bits per heavy atom. The lowest BCUT2D eigenvalue weighted by Crippen LogP contribution is -2.24. The van der Waals surface area contributed by atoms with E-state index in [0.29, 0.717) is 29.2 Å². The van der Waals surface area contributed by atoms with Crippen molar-refractivity contribution in [2.45, 2.75) is 43.9 Å². The Balaban J connectivity index is 1.47. The lowest BCUT2D eigenvalue weighted by atomic mass is 10.1. The second-order valence-electron chi connectivity index (χ2n) is 8.34. The first kappa shape index (κ1) is 25.0. The first-order valence-electron chi connectivity index (χ1n) is 10.6. The quantitative estimate of drug-likeness (QED) is 0.295. The Kier molecular flexibility index (Phi) is 7.54. The van der Waals surface area contributed by atoms with E-state index in [2.05, 4.69) is 31.3 Å². The summed E-state index contributed by atoms with van der Waals surface area (Å²) >= 11 is 7.31. The molecular weight excluding hydrogens is 504 g/mol. The van der Waals surface area contributed by atoms with E-state index in [4.69, 9.17) is 16.7 Å². The van der Waals surface area contributed by atoms with Crippen LogP contribution < -0.4 is 10.5 Å². The highest BCUT2D eigenvalue weighted by Crippen LogP contribution is 2.35. The van der Waals surface area contributed by atoms with E-state index >= 15 is 0 Å². The van der Waals surface area contributed by atoms with Gasteiger partial charge in [0.1, 0.15) is 22.6 Å². The zero-order valence-corrected chi connectivity index (χ0v) is 20.2. The van der Waals surface area contributed by atoms with E-state index in [0.717, 1.165) is 24.2 Å². The molecular formula is C21H23ClN4O6S2. The van der Waals surface area contributed by atoms with Crippen LogP contribution in [0.1, 0.15) is 52.6 Å². The molecule has 0 amide bonds. The second kappa shape index (κ2) is 10.2. The molecule has 2 heterocycles. The van der Waals surface area contributed by atoms with Gasteiger partial charge >= 0.3 is 10.3 Å². The maximum atomic E-state index is 13.2. The molecule has 4 rings (SSSR count). The molecule has 0 spiro atoms. The Morgan fingerprint density at radius 1 is 1.41 bits per heavy atom. The molecule has 2 aliphatic rings. The van der Waals surface area contributed by atoms with Crippen LogP contribution in [0, 0.1) is 23.7 Å². The van der Waals surface area contributed by atoms with Crippen molar-refractivity contribution in [1.29, 1.82) is 0 Å². The van der Waals surface area contributed by atoms with Crippen LogP contribution in [0.3, 0.4) is 0 Å². The van der Waals surface area contributed by atoms with Gasteiger partial charge in [-0.1, -0.05) is 23.4 Å². The summed E-state index contributed by atoms with van der Waals surface area (Å²) in [5.74, 6) is 5.53. The smallest absolute Gasteiger partial charge is 0.333 e. The van der Waals surface area contributed by atoms with E-state index in [1.54, 1.807) is 0 Å². The fraction of sp³-hybridized carbons (Fsp3) is 0.476. The van der Waals surface area contributed by atoms with Gasteiger partial charge in [-0.2, -0.15) is 8.42 Å². The molecule has 0 aliphatic heterocycles. The highest BCUT2D eigenvalue weighted by atomic mass is 35.5. The third-order valence-electron chi connectivity index (χ3n) is 5.63. The van der Waals surface area contributed by atoms with Crippen molar-refractivity contribution in [2.24, 2.45) is 17.0 Å². The molecule has 0 bridgehead atoms. The number of nitrogens with one attached hydrogen (secondary N) is 1. The molecule has 0 aromatic carbocycles. The number of nitrogens with two attached hydrogens (primary N) is 1. The third-order valence-corrected chi connectivity index (χ3v) is 7.49. The molecule has 34 heavy (non-hydrogen) atoms. The van der Waals surface area contributed by atoms with Crippen molar-refractivity contribution in [2.75, 3.05) is 11.9 Å². The van der Waals surface area contributed by atoms with Gasteiger partial charge in [-0.25, -0.2) is 15.1 Å². The van der Waals surface area contributed by atoms with Crippen LogP contribution in [0.5, 0.6) is 0 Å². The first-order chi connectivity index (χ1) is 16.1. The molecule has 4 atom stereocenters. The fourth-order valence-corrected chi connectivity index (χ4v) is 5.34. The Bertz CT molecular complexity index is 1240. The summed E-state index contributed by atoms with van der Waals surface area (Å²) in [5, 5.41) is 28.6. The monoisotopic (exact) mass is 526 g/mol. The van der Waals surface area contributed by atoms with E-state index in [1.807, 2.05) is 0 Å². The number of aromatic nitrogens is 2. The van der Waals surface area contributed by atoms with Crippen LogP contribution in [0.4, 0.5) is 5.82 Å². The van der Waals surface area contributed by atoms with Gasteiger partial charge in [-0.3, -0.25) is 8.98 Å². The number of ketones is 1. The number of rotatable bonds is 8. The summed E-state index contributed by atoms with van der Waals surface area (Å²) < 4.78 is 27.0. The molecule has 5 N–H and O–H groups in total. The number of aliphatic hydroxyl groups is 2. The number of halogens is 1. The lowest BCUT2D eigenvalue weighted by Gasteiger charge is -2.15. The summed E-state index contributed by atoms with van der Waals surface area (Å²) in [6, 6.07) is 1.24. The van der Waals surface area contributed by atoms with Crippen LogP contribution in [0.25, 0.3) is 0 Å².